The Morgan fingerprint density at radius 2 is 1.92 bits per heavy atom. The van der Waals surface area contributed by atoms with E-state index in [4.69, 9.17) is 9.84 Å². The number of ether oxygens (including phenoxy) is 1. The number of carbonyl (C=O) groups is 1. The maximum atomic E-state index is 12.8. The highest BCUT2D eigenvalue weighted by Crippen LogP contribution is 2.23. The van der Waals surface area contributed by atoms with Crippen LogP contribution in [0.1, 0.15) is 25.7 Å². The third kappa shape index (κ3) is 5.62. The van der Waals surface area contributed by atoms with E-state index in [1.165, 1.54) is 8.61 Å². The lowest BCUT2D eigenvalue weighted by Crippen LogP contribution is -2.49. The van der Waals surface area contributed by atoms with Gasteiger partial charge in [0.1, 0.15) is 0 Å². The molecule has 2 rings (SSSR count). The second-order valence-corrected chi connectivity index (χ2v) is 9.14. The molecule has 0 amide bonds. The van der Waals surface area contributed by atoms with Crippen LogP contribution < -0.4 is 0 Å². The van der Waals surface area contributed by atoms with Crippen molar-refractivity contribution in [2.24, 2.45) is 11.8 Å². The van der Waals surface area contributed by atoms with Crippen LogP contribution >= 0.6 is 0 Å². The van der Waals surface area contributed by atoms with Crippen molar-refractivity contribution >= 4 is 16.2 Å². The summed E-state index contributed by atoms with van der Waals surface area (Å²) in [5.74, 6) is -1.16. The SMILES string of the molecule is COCCN1CCC(CN(C)S(=O)(=O)N2CCCC(C(=O)O)C2)CC1. The first kappa shape index (κ1) is 20.6. The molecular weight excluding hydrogens is 346 g/mol. The molecule has 2 aliphatic rings. The van der Waals surface area contributed by atoms with Gasteiger partial charge in [0.15, 0.2) is 0 Å². The van der Waals surface area contributed by atoms with Crippen LogP contribution in [-0.2, 0) is 19.7 Å². The number of methoxy groups -OCH3 is 1. The second kappa shape index (κ2) is 9.27. The molecule has 0 aromatic heterocycles. The molecule has 1 unspecified atom stereocenters. The van der Waals surface area contributed by atoms with Gasteiger partial charge in [0.05, 0.1) is 12.5 Å². The molecule has 1 N–H and O–H groups in total. The Morgan fingerprint density at radius 1 is 1.24 bits per heavy atom. The number of hydrogen-bond acceptors (Lipinski definition) is 5. The molecule has 2 aliphatic heterocycles. The highest BCUT2D eigenvalue weighted by Gasteiger charge is 2.35. The van der Waals surface area contributed by atoms with Gasteiger partial charge in [-0.05, 0) is 44.7 Å². The van der Waals surface area contributed by atoms with Crippen LogP contribution in [0.5, 0.6) is 0 Å². The zero-order valence-corrected chi connectivity index (χ0v) is 16.1. The number of carboxylic acids is 1. The van der Waals surface area contributed by atoms with Crippen LogP contribution in [0.2, 0.25) is 0 Å². The van der Waals surface area contributed by atoms with Crippen molar-refractivity contribution in [3.63, 3.8) is 0 Å². The minimum absolute atomic E-state index is 0.0808. The predicted octanol–water partition coefficient (Wildman–Crippen LogP) is 0.318. The molecular formula is C16H31N3O5S. The van der Waals surface area contributed by atoms with E-state index in [2.05, 4.69) is 4.90 Å². The number of aliphatic carboxylic acids is 1. The standard InChI is InChI=1S/C16H31N3O5S/c1-17(12-14-5-8-18(9-6-14)10-11-24-2)25(22,23)19-7-3-4-15(13-19)16(20)21/h14-15H,3-13H2,1-2H3,(H,20,21). The molecule has 0 bridgehead atoms. The Kier molecular flexibility index (Phi) is 7.63. The number of piperidine rings is 2. The average molecular weight is 378 g/mol. The topological polar surface area (TPSA) is 90.4 Å². The van der Waals surface area contributed by atoms with E-state index in [1.54, 1.807) is 14.2 Å². The molecule has 1 atom stereocenters. The van der Waals surface area contributed by atoms with Crippen molar-refractivity contribution in [1.29, 1.82) is 0 Å². The van der Waals surface area contributed by atoms with Gasteiger partial charge >= 0.3 is 5.97 Å². The maximum Gasteiger partial charge on any atom is 0.307 e. The van der Waals surface area contributed by atoms with Crippen molar-refractivity contribution in [1.82, 2.24) is 13.5 Å². The normalized spacial score (nSPS) is 24.7. The summed E-state index contributed by atoms with van der Waals surface area (Å²) in [6.07, 6.45) is 3.09. The highest BCUT2D eigenvalue weighted by atomic mass is 32.2. The zero-order chi connectivity index (χ0) is 18.4. The molecule has 8 nitrogen and oxygen atoms in total. The Balaban J connectivity index is 1.85. The van der Waals surface area contributed by atoms with Crippen molar-refractivity contribution in [2.45, 2.75) is 25.7 Å². The van der Waals surface area contributed by atoms with Gasteiger partial charge in [-0.1, -0.05) is 0 Å². The van der Waals surface area contributed by atoms with E-state index in [0.29, 0.717) is 31.8 Å². The van der Waals surface area contributed by atoms with Gasteiger partial charge in [-0.2, -0.15) is 17.0 Å². The van der Waals surface area contributed by atoms with Gasteiger partial charge in [0.2, 0.25) is 0 Å². The molecule has 2 heterocycles. The molecule has 0 radical (unpaired) electrons. The van der Waals surface area contributed by atoms with Gasteiger partial charge in [-0.3, -0.25) is 4.79 Å². The summed E-state index contributed by atoms with van der Waals surface area (Å²) >= 11 is 0. The molecule has 0 aliphatic carbocycles. The van der Waals surface area contributed by atoms with E-state index in [9.17, 15) is 13.2 Å². The number of nitrogens with zero attached hydrogens (tertiary/aromatic N) is 3. The number of rotatable bonds is 8. The average Bonchev–Trinajstić information content (AvgIpc) is 2.61. The summed E-state index contributed by atoms with van der Waals surface area (Å²) in [5.41, 5.74) is 0. The van der Waals surface area contributed by atoms with Gasteiger partial charge in [-0.15, -0.1) is 0 Å². The summed E-state index contributed by atoms with van der Waals surface area (Å²) < 4.78 is 33.4. The lowest BCUT2D eigenvalue weighted by molar-refractivity contribution is -0.142. The Morgan fingerprint density at radius 3 is 2.52 bits per heavy atom. The number of carboxylic acid groups (broad SMARTS) is 1. The fourth-order valence-corrected chi connectivity index (χ4v) is 5.14. The lowest BCUT2D eigenvalue weighted by atomic mass is 9.97. The lowest BCUT2D eigenvalue weighted by Gasteiger charge is -2.36. The second-order valence-electron chi connectivity index (χ2n) is 7.10. The van der Waals surface area contributed by atoms with Crippen molar-refractivity contribution in [3.05, 3.63) is 0 Å². The van der Waals surface area contributed by atoms with Crippen molar-refractivity contribution < 1.29 is 23.1 Å². The first-order chi connectivity index (χ1) is 11.8. The Hall–Kier alpha value is -0.740. The van der Waals surface area contributed by atoms with Gasteiger partial charge in [0, 0.05) is 40.3 Å². The Labute approximate surface area is 150 Å². The monoisotopic (exact) mass is 377 g/mol. The first-order valence-corrected chi connectivity index (χ1v) is 10.4. The third-order valence-electron chi connectivity index (χ3n) is 5.29. The summed E-state index contributed by atoms with van der Waals surface area (Å²) in [4.78, 5) is 13.5. The van der Waals surface area contributed by atoms with Crippen LogP contribution in [-0.4, -0.2) is 93.0 Å². The fraction of sp³-hybridized carbons (Fsp3) is 0.938. The number of likely N-dealkylation sites (tertiary alicyclic amines) is 1. The van der Waals surface area contributed by atoms with Crippen molar-refractivity contribution in [3.8, 4) is 0 Å². The fourth-order valence-electron chi connectivity index (χ4n) is 3.62. The number of hydrogen-bond donors (Lipinski definition) is 1. The summed E-state index contributed by atoms with van der Waals surface area (Å²) in [6.45, 7) is 4.55. The molecule has 2 saturated heterocycles. The smallest absolute Gasteiger partial charge is 0.307 e. The van der Waals surface area contributed by atoms with Crippen LogP contribution in [0.15, 0.2) is 0 Å². The Bertz CT molecular complexity index is 534. The van der Waals surface area contributed by atoms with E-state index >= 15 is 0 Å². The molecule has 0 spiro atoms. The molecule has 0 saturated carbocycles. The largest absolute Gasteiger partial charge is 0.481 e. The van der Waals surface area contributed by atoms with Gasteiger partial charge in [-0.25, -0.2) is 0 Å². The predicted molar refractivity (Wildman–Crippen MR) is 94.5 cm³/mol. The molecule has 0 aromatic carbocycles. The maximum absolute atomic E-state index is 12.8. The first-order valence-electron chi connectivity index (χ1n) is 9.00. The van der Waals surface area contributed by atoms with E-state index in [-0.39, 0.29) is 6.54 Å². The minimum atomic E-state index is -3.59. The zero-order valence-electron chi connectivity index (χ0n) is 15.3. The molecule has 25 heavy (non-hydrogen) atoms. The highest BCUT2D eigenvalue weighted by molar-refractivity contribution is 7.86. The minimum Gasteiger partial charge on any atom is -0.481 e. The van der Waals surface area contributed by atoms with Crippen LogP contribution in [0, 0.1) is 11.8 Å². The van der Waals surface area contributed by atoms with Crippen molar-refractivity contribution in [2.75, 3.05) is 60.0 Å². The summed E-state index contributed by atoms with van der Waals surface area (Å²) in [7, 11) is -0.281. The van der Waals surface area contributed by atoms with Gasteiger partial charge < -0.3 is 14.7 Å². The molecule has 9 heteroatoms. The summed E-state index contributed by atoms with van der Waals surface area (Å²) in [6, 6.07) is 0. The van der Waals surface area contributed by atoms with E-state index in [1.807, 2.05) is 0 Å². The molecule has 2 fully saturated rings. The van der Waals surface area contributed by atoms with Crippen LogP contribution in [0.4, 0.5) is 0 Å². The summed E-state index contributed by atoms with van der Waals surface area (Å²) in [5, 5.41) is 9.16. The van der Waals surface area contributed by atoms with E-state index in [0.717, 1.165) is 39.1 Å². The van der Waals surface area contributed by atoms with Gasteiger partial charge in [0.25, 0.3) is 10.2 Å². The third-order valence-corrected chi connectivity index (χ3v) is 7.21. The molecule has 146 valence electrons. The van der Waals surface area contributed by atoms with Crippen LogP contribution in [0.25, 0.3) is 0 Å². The van der Waals surface area contributed by atoms with Crippen LogP contribution in [0.3, 0.4) is 0 Å². The quantitative estimate of drug-likeness (QED) is 0.655. The molecule has 0 aromatic rings. The van der Waals surface area contributed by atoms with E-state index < -0.39 is 22.1 Å².